The summed E-state index contributed by atoms with van der Waals surface area (Å²) >= 11 is 4.94. The van der Waals surface area contributed by atoms with Gasteiger partial charge < -0.3 is 10.6 Å². The molecule has 1 amide bonds. The topological polar surface area (TPSA) is 54.0 Å². The van der Waals surface area contributed by atoms with Gasteiger partial charge in [0.1, 0.15) is 0 Å². The Morgan fingerprint density at radius 2 is 1.92 bits per heavy atom. The Kier molecular flexibility index (Phi) is 5.83. The van der Waals surface area contributed by atoms with E-state index in [4.69, 9.17) is 0 Å². The molecule has 0 saturated heterocycles. The number of nitrogens with zero attached hydrogens (tertiary/aromatic N) is 1. The van der Waals surface area contributed by atoms with Gasteiger partial charge in [0.25, 0.3) is 0 Å². The van der Waals surface area contributed by atoms with Gasteiger partial charge in [-0.25, -0.2) is 4.98 Å². The number of amides is 1. The van der Waals surface area contributed by atoms with E-state index < -0.39 is 0 Å². The van der Waals surface area contributed by atoms with E-state index in [0.29, 0.717) is 5.13 Å². The standard InChI is InChI=1S/C19H18BrN3OS/c1-13-4-2-3-5-17(13)21-12-18(24)23-19-22-11-16(25-19)10-14-6-8-15(20)9-7-14/h2-9,11,21H,10,12H2,1H3,(H,22,23,24). The average molecular weight is 416 g/mol. The Bertz CT molecular complexity index is 861. The first kappa shape index (κ1) is 17.6. The lowest BCUT2D eigenvalue weighted by molar-refractivity contribution is -0.114. The summed E-state index contributed by atoms with van der Waals surface area (Å²) in [6.07, 6.45) is 2.62. The number of anilines is 2. The van der Waals surface area contributed by atoms with E-state index in [1.54, 1.807) is 0 Å². The second-order valence-corrected chi connectivity index (χ2v) is 7.68. The van der Waals surface area contributed by atoms with Crippen LogP contribution in [0.1, 0.15) is 16.0 Å². The second kappa shape index (κ2) is 8.27. The van der Waals surface area contributed by atoms with Gasteiger partial charge in [-0.2, -0.15) is 0 Å². The van der Waals surface area contributed by atoms with E-state index in [1.165, 1.54) is 16.9 Å². The smallest absolute Gasteiger partial charge is 0.245 e. The number of rotatable bonds is 6. The molecule has 0 fully saturated rings. The fraction of sp³-hybridized carbons (Fsp3) is 0.158. The molecular weight excluding hydrogens is 398 g/mol. The molecule has 128 valence electrons. The molecule has 3 rings (SSSR count). The Morgan fingerprint density at radius 3 is 2.68 bits per heavy atom. The van der Waals surface area contributed by atoms with Crippen molar-refractivity contribution in [1.29, 1.82) is 0 Å². The van der Waals surface area contributed by atoms with Crippen LogP contribution in [0.25, 0.3) is 0 Å². The van der Waals surface area contributed by atoms with Crippen LogP contribution in [-0.2, 0) is 11.2 Å². The van der Waals surface area contributed by atoms with E-state index in [2.05, 4.69) is 43.7 Å². The number of benzene rings is 2. The molecule has 0 spiro atoms. The van der Waals surface area contributed by atoms with Crippen molar-refractivity contribution in [3.05, 3.63) is 75.2 Å². The lowest BCUT2D eigenvalue weighted by Crippen LogP contribution is -2.21. The SMILES string of the molecule is Cc1ccccc1NCC(=O)Nc1ncc(Cc2ccc(Br)cc2)s1. The van der Waals surface area contributed by atoms with E-state index in [1.807, 2.05) is 49.5 Å². The van der Waals surface area contributed by atoms with Crippen molar-refractivity contribution < 1.29 is 4.79 Å². The molecule has 25 heavy (non-hydrogen) atoms. The number of nitrogens with one attached hydrogen (secondary N) is 2. The molecule has 0 radical (unpaired) electrons. The lowest BCUT2D eigenvalue weighted by Gasteiger charge is -2.08. The van der Waals surface area contributed by atoms with E-state index >= 15 is 0 Å². The Labute approximate surface area is 159 Å². The fourth-order valence-electron chi connectivity index (χ4n) is 2.36. The molecule has 6 heteroatoms. The van der Waals surface area contributed by atoms with Crippen molar-refractivity contribution in [2.24, 2.45) is 0 Å². The maximum absolute atomic E-state index is 12.1. The summed E-state index contributed by atoms with van der Waals surface area (Å²) < 4.78 is 1.06. The van der Waals surface area contributed by atoms with Gasteiger partial charge in [0.15, 0.2) is 5.13 Å². The van der Waals surface area contributed by atoms with Gasteiger partial charge >= 0.3 is 0 Å². The maximum Gasteiger partial charge on any atom is 0.245 e. The highest BCUT2D eigenvalue weighted by Crippen LogP contribution is 2.22. The number of para-hydroxylation sites is 1. The first-order chi connectivity index (χ1) is 12.1. The molecule has 0 aliphatic rings. The van der Waals surface area contributed by atoms with Crippen molar-refractivity contribution in [2.75, 3.05) is 17.2 Å². The van der Waals surface area contributed by atoms with Crippen LogP contribution in [0.3, 0.4) is 0 Å². The zero-order chi connectivity index (χ0) is 17.6. The third-order valence-corrected chi connectivity index (χ3v) is 5.12. The normalized spacial score (nSPS) is 10.5. The van der Waals surface area contributed by atoms with E-state index in [9.17, 15) is 4.79 Å². The molecule has 0 atom stereocenters. The van der Waals surface area contributed by atoms with Crippen molar-refractivity contribution in [3.63, 3.8) is 0 Å². The molecule has 2 N–H and O–H groups in total. The number of hydrogen-bond donors (Lipinski definition) is 2. The largest absolute Gasteiger partial charge is 0.376 e. The number of halogens is 1. The number of hydrogen-bond acceptors (Lipinski definition) is 4. The molecule has 0 aliphatic carbocycles. The number of carbonyl (C=O) groups is 1. The van der Waals surface area contributed by atoms with Gasteiger partial charge in [-0.1, -0.05) is 46.3 Å². The summed E-state index contributed by atoms with van der Waals surface area (Å²) in [4.78, 5) is 17.5. The maximum atomic E-state index is 12.1. The van der Waals surface area contributed by atoms with Gasteiger partial charge in [0.2, 0.25) is 5.91 Å². The molecule has 3 aromatic rings. The number of aryl methyl sites for hydroxylation is 1. The Morgan fingerprint density at radius 1 is 1.16 bits per heavy atom. The van der Waals surface area contributed by atoms with Crippen molar-refractivity contribution in [2.45, 2.75) is 13.3 Å². The van der Waals surface area contributed by atoms with Gasteiger partial charge in [0, 0.05) is 27.7 Å². The monoisotopic (exact) mass is 415 g/mol. The van der Waals surface area contributed by atoms with Crippen LogP contribution < -0.4 is 10.6 Å². The predicted molar refractivity (Wildman–Crippen MR) is 107 cm³/mol. The van der Waals surface area contributed by atoms with Gasteiger partial charge in [-0.05, 0) is 36.2 Å². The molecular formula is C19H18BrN3OS. The van der Waals surface area contributed by atoms with Crippen LogP contribution >= 0.6 is 27.3 Å². The number of thiazole rings is 1. The zero-order valence-corrected chi connectivity index (χ0v) is 16.2. The van der Waals surface area contributed by atoms with Gasteiger partial charge in [-0.3, -0.25) is 4.79 Å². The summed E-state index contributed by atoms with van der Waals surface area (Å²) in [5, 5.41) is 6.62. The summed E-state index contributed by atoms with van der Waals surface area (Å²) in [6.45, 7) is 2.22. The molecule has 0 unspecified atom stereocenters. The van der Waals surface area contributed by atoms with Crippen LogP contribution in [0.4, 0.5) is 10.8 Å². The number of aromatic nitrogens is 1. The highest BCUT2D eigenvalue weighted by atomic mass is 79.9. The van der Waals surface area contributed by atoms with Gasteiger partial charge in [0.05, 0.1) is 6.54 Å². The molecule has 0 saturated carbocycles. The summed E-state index contributed by atoms with van der Waals surface area (Å²) in [7, 11) is 0. The van der Waals surface area contributed by atoms with Crippen molar-refractivity contribution >= 4 is 44.0 Å². The predicted octanol–water partition coefficient (Wildman–Crippen LogP) is 4.86. The van der Waals surface area contributed by atoms with Crippen LogP contribution in [0.2, 0.25) is 0 Å². The first-order valence-electron chi connectivity index (χ1n) is 7.88. The first-order valence-corrected chi connectivity index (χ1v) is 9.49. The third kappa shape index (κ3) is 5.14. The fourth-order valence-corrected chi connectivity index (χ4v) is 3.49. The average Bonchev–Trinajstić information content (AvgIpc) is 3.03. The minimum Gasteiger partial charge on any atom is -0.376 e. The third-order valence-electron chi connectivity index (χ3n) is 3.68. The number of carbonyl (C=O) groups excluding carboxylic acids is 1. The summed E-state index contributed by atoms with van der Waals surface area (Å²) in [6, 6.07) is 16.1. The zero-order valence-electron chi connectivity index (χ0n) is 13.8. The minimum atomic E-state index is -0.104. The minimum absolute atomic E-state index is 0.104. The molecule has 4 nitrogen and oxygen atoms in total. The van der Waals surface area contributed by atoms with Crippen molar-refractivity contribution in [1.82, 2.24) is 4.98 Å². The molecule has 0 bridgehead atoms. The highest BCUT2D eigenvalue weighted by molar-refractivity contribution is 9.10. The molecule has 2 aromatic carbocycles. The van der Waals surface area contributed by atoms with Crippen molar-refractivity contribution in [3.8, 4) is 0 Å². The Hall–Kier alpha value is -2.18. The second-order valence-electron chi connectivity index (χ2n) is 5.65. The lowest BCUT2D eigenvalue weighted by atomic mass is 10.1. The van der Waals surface area contributed by atoms with Crippen LogP contribution in [-0.4, -0.2) is 17.4 Å². The van der Waals surface area contributed by atoms with Crippen LogP contribution in [0, 0.1) is 6.92 Å². The molecule has 1 aromatic heterocycles. The van der Waals surface area contributed by atoms with E-state index in [0.717, 1.165) is 27.0 Å². The molecule has 1 heterocycles. The van der Waals surface area contributed by atoms with Gasteiger partial charge in [-0.15, -0.1) is 11.3 Å². The van der Waals surface area contributed by atoms with Crippen LogP contribution in [0.5, 0.6) is 0 Å². The quantitative estimate of drug-likeness (QED) is 0.604. The summed E-state index contributed by atoms with van der Waals surface area (Å²) in [5.41, 5.74) is 3.29. The Balaban J connectivity index is 1.53. The van der Waals surface area contributed by atoms with Crippen LogP contribution in [0.15, 0.2) is 59.2 Å². The summed E-state index contributed by atoms with van der Waals surface area (Å²) in [5.74, 6) is -0.104. The molecule has 0 aliphatic heterocycles. The van der Waals surface area contributed by atoms with E-state index in [-0.39, 0.29) is 12.5 Å². The highest BCUT2D eigenvalue weighted by Gasteiger charge is 2.08.